The molecule has 0 amide bonds. The Morgan fingerprint density at radius 1 is 0.243 bits per heavy atom. The van der Waals surface area contributed by atoms with E-state index in [9.17, 15) is 0 Å². The van der Waals surface area contributed by atoms with Gasteiger partial charge in [-0.15, -0.1) is 0 Å². The number of aromatic nitrogens is 1. The van der Waals surface area contributed by atoms with E-state index in [1.54, 1.807) is 0 Å². The highest BCUT2D eigenvalue weighted by molar-refractivity contribution is 6.16. The van der Waals surface area contributed by atoms with Gasteiger partial charge in [-0.2, -0.15) is 0 Å². The first-order valence-corrected chi connectivity index (χ1v) is 24.1. The second kappa shape index (κ2) is 17.4. The molecule has 0 radical (unpaired) electrons. The molecule has 2 nitrogen and oxygen atoms in total. The first kappa shape index (κ1) is 41.0. The van der Waals surface area contributed by atoms with Crippen molar-refractivity contribution in [2.45, 2.75) is 0 Å². The summed E-state index contributed by atoms with van der Waals surface area (Å²) in [6.45, 7) is 0. The minimum Gasteiger partial charge on any atom is -0.310 e. The lowest BCUT2D eigenvalue weighted by Crippen LogP contribution is -2.10. The van der Waals surface area contributed by atoms with Gasteiger partial charge in [0.2, 0.25) is 0 Å². The predicted molar refractivity (Wildman–Crippen MR) is 298 cm³/mol. The number of rotatable bonds is 9. The van der Waals surface area contributed by atoms with Crippen LogP contribution in [0.15, 0.2) is 279 Å². The van der Waals surface area contributed by atoms with Crippen LogP contribution >= 0.6 is 0 Å². The van der Waals surface area contributed by atoms with Gasteiger partial charge in [0.15, 0.2) is 0 Å². The minimum absolute atomic E-state index is 1.08. The summed E-state index contributed by atoms with van der Waals surface area (Å²) in [7, 11) is 0. The van der Waals surface area contributed by atoms with Gasteiger partial charge in [0.25, 0.3) is 0 Å². The van der Waals surface area contributed by atoms with Crippen molar-refractivity contribution in [3.05, 3.63) is 279 Å². The van der Waals surface area contributed by atoms with Crippen LogP contribution in [0, 0.1) is 0 Å². The van der Waals surface area contributed by atoms with Gasteiger partial charge in [0.1, 0.15) is 0 Å². The van der Waals surface area contributed by atoms with Crippen LogP contribution in [0.2, 0.25) is 0 Å². The highest BCUT2D eigenvalue weighted by atomic mass is 15.1. The summed E-state index contributed by atoms with van der Waals surface area (Å²) >= 11 is 0. The van der Waals surface area contributed by atoms with Crippen LogP contribution in [0.4, 0.5) is 17.1 Å². The van der Waals surface area contributed by atoms with Crippen LogP contribution in [0.3, 0.4) is 0 Å². The first-order chi connectivity index (χ1) is 34.7. The Bertz CT molecular complexity index is 4030. The fraction of sp³-hybridized carbons (Fsp3) is 0. The minimum atomic E-state index is 1.08. The van der Waals surface area contributed by atoms with E-state index in [2.05, 4.69) is 289 Å². The lowest BCUT2D eigenvalue weighted by atomic mass is 9.95. The summed E-state index contributed by atoms with van der Waals surface area (Å²) in [5, 5.41) is 7.52. The molecule has 328 valence electrons. The quantitative estimate of drug-likeness (QED) is 0.140. The van der Waals surface area contributed by atoms with Crippen LogP contribution in [-0.2, 0) is 0 Å². The molecule has 0 bridgehead atoms. The summed E-state index contributed by atoms with van der Waals surface area (Å²) in [5.41, 5.74) is 18.7. The van der Waals surface area contributed by atoms with Crippen molar-refractivity contribution < 1.29 is 0 Å². The summed E-state index contributed by atoms with van der Waals surface area (Å²) in [5.74, 6) is 0. The molecule has 1 heterocycles. The van der Waals surface area contributed by atoms with E-state index < -0.39 is 0 Å². The number of fused-ring (bicyclic) bond motifs is 5. The molecule has 12 aromatic carbocycles. The van der Waals surface area contributed by atoms with Crippen LogP contribution in [0.1, 0.15) is 0 Å². The van der Waals surface area contributed by atoms with E-state index >= 15 is 0 Å². The maximum Gasteiger partial charge on any atom is 0.0547 e. The third kappa shape index (κ3) is 7.40. The molecule has 0 fully saturated rings. The van der Waals surface area contributed by atoms with E-state index in [1.165, 1.54) is 87.9 Å². The monoisotopic (exact) mass is 890 g/mol. The van der Waals surface area contributed by atoms with Crippen molar-refractivity contribution >= 4 is 60.4 Å². The molecular weight excluding hydrogens is 845 g/mol. The van der Waals surface area contributed by atoms with Gasteiger partial charge < -0.3 is 9.47 Å². The third-order valence-corrected chi connectivity index (χ3v) is 14.0. The maximum absolute atomic E-state index is 2.39. The fourth-order valence-corrected chi connectivity index (χ4v) is 10.5. The highest BCUT2D eigenvalue weighted by Gasteiger charge is 2.18. The average Bonchev–Trinajstić information content (AvgIpc) is 3.78. The molecule has 0 N–H and O–H groups in total. The normalized spacial score (nSPS) is 11.4. The Morgan fingerprint density at radius 2 is 0.743 bits per heavy atom. The van der Waals surface area contributed by atoms with Crippen LogP contribution in [0.5, 0.6) is 0 Å². The largest absolute Gasteiger partial charge is 0.310 e. The first-order valence-electron chi connectivity index (χ1n) is 24.1. The van der Waals surface area contributed by atoms with Gasteiger partial charge >= 0.3 is 0 Å². The van der Waals surface area contributed by atoms with Crippen LogP contribution in [0.25, 0.3) is 105 Å². The SMILES string of the molecule is c1ccc(-n2c3ccccc3c3c(-c4cccc(-c5cccc(N(c6ccc(-c7ccc(-c8cccc9ccccc89)cc7)cc6)c6ccc(-c7ccc8ccccc8c7)cc6)c5)c4)cccc32)cc1. The molecule has 0 spiro atoms. The Balaban J connectivity index is 0.875. The summed E-state index contributed by atoms with van der Waals surface area (Å²) in [4.78, 5) is 2.38. The maximum atomic E-state index is 2.39. The third-order valence-electron chi connectivity index (χ3n) is 14.0. The van der Waals surface area contributed by atoms with E-state index in [0.29, 0.717) is 0 Å². The zero-order chi connectivity index (χ0) is 46.4. The molecule has 0 aliphatic heterocycles. The van der Waals surface area contributed by atoms with Crippen molar-refractivity contribution in [3.63, 3.8) is 0 Å². The molecule has 0 atom stereocenters. The van der Waals surface area contributed by atoms with Crippen molar-refractivity contribution in [3.8, 4) is 61.3 Å². The Labute approximate surface area is 408 Å². The number of hydrogen-bond acceptors (Lipinski definition) is 1. The van der Waals surface area contributed by atoms with Gasteiger partial charge in [-0.3, -0.25) is 0 Å². The zero-order valence-corrected chi connectivity index (χ0v) is 38.5. The molecule has 13 aromatic rings. The van der Waals surface area contributed by atoms with Crippen molar-refractivity contribution in [1.82, 2.24) is 4.57 Å². The standard InChI is InChI=1S/C68H46N2/c1-2-21-58(22-3-1)70-66-28-9-8-25-65(66)68-64(27-13-29-67(68)70)57-20-10-18-54(45-57)55-19-11-23-61(46-55)69(60-42-38-50(39-43-60)56-35-32-47-14-4-5-16-53(47)44-56)59-40-36-49(37-41-59)48-30-33-52(34-31-48)63-26-12-17-51-15-6-7-24-62(51)63/h1-46H. The molecular formula is C68H46N2. The molecule has 0 aliphatic rings. The number of hydrogen-bond donors (Lipinski definition) is 0. The average molecular weight is 891 g/mol. The fourth-order valence-electron chi connectivity index (χ4n) is 10.5. The summed E-state index contributed by atoms with van der Waals surface area (Å²) < 4.78 is 2.39. The number of benzene rings is 12. The van der Waals surface area contributed by atoms with Gasteiger partial charge in [0.05, 0.1) is 11.0 Å². The van der Waals surface area contributed by atoms with Crippen LogP contribution in [-0.4, -0.2) is 4.57 Å². The van der Waals surface area contributed by atoms with Gasteiger partial charge in [-0.05, 0) is 150 Å². The molecule has 2 heteroatoms. The zero-order valence-electron chi connectivity index (χ0n) is 38.5. The summed E-state index contributed by atoms with van der Waals surface area (Å²) in [6, 6.07) is 102. The van der Waals surface area contributed by atoms with Crippen molar-refractivity contribution in [2.75, 3.05) is 4.90 Å². The summed E-state index contributed by atoms with van der Waals surface area (Å²) in [6.07, 6.45) is 0. The topological polar surface area (TPSA) is 8.17 Å². The molecule has 1 aromatic heterocycles. The lowest BCUT2D eigenvalue weighted by Gasteiger charge is -2.26. The molecule has 0 saturated carbocycles. The van der Waals surface area contributed by atoms with Crippen molar-refractivity contribution in [2.24, 2.45) is 0 Å². The smallest absolute Gasteiger partial charge is 0.0547 e. The second-order valence-corrected chi connectivity index (χ2v) is 18.1. The Kier molecular flexibility index (Phi) is 10.2. The van der Waals surface area contributed by atoms with Gasteiger partial charge in [-0.1, -0.05) is 206 Å². The Hall–Kier alpha value is -9.24. The number of para-hydroxylation sites is 2. The lowest BCUT2D eigenvalue weighted by molar-refractivity contribution is 1.18. The molecule has 70 heavy (non-hydrogen) atoms. The van der Waals surface area contributed by atoms with E-state index in [0.717, 1.165) is 33.9 Å². The van der Waals surface area contributed by atoms with Gasteiger partial charge in [0, 0.05) is 33.5 Å². The van der Waals surface area contributed by atoms with Crippen LogP contribution < -0.4 is 4.90 Å². The van der Waals surface area contributed by atoms with Gasteiger partial charge in [-0.25, -0.2) is 0 Å². The van der Waals surface area contributed by atoms with E-state index in [1.807, 2.05) is 0 Å². The molecule has 0 unspecified atom stereocenters. The second-order valence-electron chi connectivity index (χ2n) is 18.1. The highest BCUT2D eigenvalue weighted by Crippen LogP contribution is 2.42. The number of anilines is 3. The molecule has 0 aliphatic carbocycles. The Morgan fingerprint density at radius 3 is 1.51 bits per heavy atom. The van der Waals surface area contributed by atoms with E-state index in [4.69, 9.17) is 0 Å². The molecule has 13 rings (SSSR count). The number of nitrogens with zero attached hydrogens (tertiary/aromatic N) is 2. The van der Waals surface area contributed by atoms with E-state index in [-0.39, 0.29) is 0 Å². The molecule has 0 saturated heterocycles. The predicted octanol–water partition coefficient (Wildman–Crippen LogP) is 18.9. The van der Waals surface area contributed by atoms with Crippen molar-refractivity contribution in [1.29, 1.82) is 0 Å².